The number of rotatable bonds is 4. The molecule has 3 rings (SSSR count). The first-order valence-electron chi connectivity index (χ1n) is 7.70. The molecule has 0 atom stereocenters. The molecule has 26 heavy (non-hydrogen) atoms. The van der Waals surface area contributed by atoms with E-state index in [0.29, 0.717) is 6.54 Å². The van der Waals surface area contributed by atoms with E-state index in [4.69, 9.17) is 16.3 Å². The minimum atomic E-state index is -0.669. The van der Waals surface area contributed by atoms with Gasteiger partial charge in [0.15, 0.2) is 5.75 Å². The number of aromatic hydroxyl groups is 2. The zero-order valence-electron chi connectivity index (χ0n) is 13.8. The van der Waals surface area contributed by atoms with Crippen LogP contribution in [0.25, 0.3) is 11.3 Å². The Hall–Kier alpha value is -3.19. The second-order valence-electron chi connectivity index (χ2n) is 5.66. The van der Waals surface area contributed by atoms with Crippen LogP contribution >= 0.6 is 11.6 Å². The second kappa shape index (κ2) is 7.37. The van der Waals surface area contributed by atoms with Gasteiger partial charge in [-0.15, -0.1) is 0 Å². The van der Waals surface area contributed by atoms with Crippen LogP contribution in [0.3, 0.4) is 0 Å². The first kappa shape index (κ1) is 17.6. The van der Waals surface area contributed by atoms with Crippen LogP contribution in [-0.2, 0) is 6.54 Å². The first-order valence-corrected chi connectivity index (χ1v) is 8.08. The molecule has 0 radical (unpaired) electrons. The van der Waals surface area contributed by atoms with Crippen molar-refractivity contribution in [2.24, 2.45) is 0 Å². The Bertz CT molecular complexity index is 938. The SMILES string of the molecule is Cc1ccc(CNC(=O)Oc2cn[nH]c2-c2cc(Cl)c(O)cc2O)cc1. The number of aromatic amines is 1. The third kappa shape index (κ3) is 3.89. The third-order valence-electron chi connectivity index (χ3n) is 3.70. The zero-order valence-corrected chi connectivity index (χ0v) is 14.5. The number of phenolic OH excluding ortho intramolecular Hbond substituents is 2. The Balaban J connectivity index is 1.72. The molecule has 2 aromatic carbocycles. The number of benzene rings is 2. The number of ether oxygens (including phenoxy) is 1. The lowest BCUT2D eigenvalue weighted by Gasteiger charge is -2.09. The molecule has 134 valence electrons. The molecule has 0 aliphatic carbocycles. The Kier molecular flexibility index (Phi) is 4.99. The first-order chi connectivity index (χ1) is 12.4. The summed E-state index contributed by atoms with van der Waals surface area (Å²) in [5, 5.41) is 28.7. The van der Waals surface area contributed by atoms with Crippen molar-refractivity contribution in [3.05, 3.63) is 58.7 Å². The van der Waals surface area contributed by atoms with Crippen LogP contribution in [0.15, 0.2) is 42.6 Å². The molecular weight excluding hydrogens is 358 g/mol. The molecule has 0 spiro atoms. The molecule has 4 N–H and O–H groups in total. The average Bonchev–Trinajstić information content (AvgIpc) is 3.05. The van der Waals surface area contributed by atoms with Crippen LogP contribution in [0.1, 0.15) is 11.1 Å². The third-order valence-corrected chi connectivity index (χ3v) is 4.00. The number of aryl methyl sites for hydroxylation is 1. The molecule has 0 aliphatic rings. The number of nitrogens with one attached hydrogen (secondary N) is 2. The molecule has 8 heteroatoms. The minimum absolute atomic E-state index is 0.0437. The summed E-state index contributed by atoms with van der Waals surface area (Å²) < 4.78 is 5.25. The molecular formula is C18H16ClN3O4. The van der Waals surface area contributed by atoms with Gasteiger partial charge in [-0.1, -0.05) is 41.4 Å². The summed E-state index contributed by atoms with van der Waals surface area (Å²) in [6.45, 7) is 2.29. The van der Waals surface area contributed by atoms with E-state index in [1.54, 1.807) is 0 Å². The van der Waals surface area contributed by atoms with Gasteiger partial charge >= 0.3 is 6.09 Å². The monoisotopic (exact) mass is 373 g/mol. The Morgan fingerprint density at radius 1 is 1.23 bits per heavy atom. The van der Waals surface area contributed by atoms with Crippen molar-refractivity contribution in [3.63, 3.8) is 0 Å². The quantitative estimate of drug-likeness (QED) is 0.557. The maximum Gasteiger partial charge on any atom is 0.413 e. The van der Waals surface area contributed by atoms with E-state index >= 15 is 0 Å². The Morgan fingerprint density at radius 2 is 1.96 bits per heavy atom. The lowest BCUT2D eigenvalue weighted by molar-refractivity contribution is 0.200. The van der Waals surface area contributed by atoms with Crippen LogP contribution in [0.2, 0.25) is 5.02 Å². The van der Waals surface area contributed by atoms with Gasteiger partial charge < -0.3 is 20.3 Å². The normalized spacial score (nSPS) is 10.5. The molecule has 1 aromatic heterocycles. The highest BCUT2D eigenvalue weighted by molar-refractivity contribution is 6.32. The van der Waals surface area contributed by atoms with E-state index < -0.39 is 6.09 Å². The van der Waals surface area contributed by atoms with Crippen LogP contribution in [-0.4, -0.2) is 26.5 Å². The summed E-state index contributed by atoms with van der Waals surface area (Å²) in [5.74, 6) is -0.379. The summed E-state index contributed by atoms with van der Waals surface area (Å²) in [5.41, 5.74) is 2.57. The number of nitrogens with zero attached hydrogens (tertiary/aromatic N) is 1. The number of amides is 1. The summed E-state index contributed by atoms with van der Waals surface area (Å²) in [4.78, 5) is 12.0. The van der Waals surface area contributed by atoms with Crippen LogP contribution in [0, 0.1) is 6.92 Å². The molecule has 0 saturated carbocycles. The fraction of sp³-hybridized carbons (Fsp3) is 0.111. The zero-order chi connectivity index (χ0) is 18.7. The molecule has 0 aliphatic heterocycles. The predicted octanol–water partition coefficient (Wildman–Crippen LogP) is 3.74. The van der Waals surface area contributed by atoms with E-state index in [9.17, 15) is 15.0 Å². The largest absolute Gasteiger partial charge is 0.507 e. The predicted molar refractivity (Wildman–Crippen MR) is 96.4 cm³/mol. The van der Waals surface area contributed by atoms with Crippen LogP contribution in [0.5, 0.6) is 17.2 Å². The summed E-state index contributed by atoms with van der Waals surface area (Å²) in [6, 6.07) is 10.2. The van der Waals surface area contributed by atoms with E-state index in [1.807, 2.05) is 31.2 Å². The standard InChI is InChI=1S/C18H16ClN3O4/c1-10-2-4-11(5-3-10)8-20-18(25)26-16-9-21-22-17(16)12-6-13(19)15(24)7-14(12)23/h2-7,9,23-24H,8H2,1H3,(H,20,25)(H,21,22). The molecule has 0 unspecified atom stereocenters. The molecule has 1 amide bonds. The lowest BCUT2D eigenvalue weighted by Crippen LogP contribution is -2.26. The van der Waals surface area contributed by atoms with E-state index in [0.717, 1.165) is 17.2 Å². The van der Waals surface area contributed by atoms with Crippen LogP contribution in [0.4, 0.5) is 4.79 Å². The van der Waals surface area contributed by atoms with Crippen LogP contribution < -0.4 is 10.1 Å². The van der Waals surface area contributed by atoms with Gasteiger partial charge in [0.05, 0.1) is 11.2 Å². The smallest absolute Gasteiger partial charge is 0.413 e. The maximum atomic E-state index is 12.0. The van der Waals surface area contributed by atoms with Crippen molar-refractivity contribution in [3.8, 4) is 28.5 Å². The number of carbonyl (C=O) groups excluding carboxylic acids is 1. The van der Waals surface area contributed by atoms with Gasteiger partial charge in [0.2, 0.25) is 0 Å². The van der Waals surface area contributed by atoms with Gasteiger partial charge in [-0.25, -0.2) is 4.79 Å². The fourth-order valence-corrected chi connectivity index (χ4v) is 2.48. The van der Waals surface area contributed by atoms with Gasteiger partial charge in [-0.3, -0.25) is 5.10 Å². The number of phenols is 2. The summed E-state index contributed by atoms with van der Waals surface area (Å²) in [7, 11) is 0. The number of H-pyrrole nitrogens is 1. The number of hydrogen-bond donors (Lipinski definition) is 4. The molecule has 7 nitrogen and oxygen atoms in total. The van der Waals surface area contributed by atoms with Gasteiger partial charge in [-0.2, -0.15) is 5.10 Å². The van der Waals surface area contributed by atoms with Crippen molar-refractivity contribution in [1.29, 1.82) is 0 Å². The van der Waals surface area contributed by atoms with E-state index in [2.05, 4.69) is 15.5 Å². The summed E-state index contributed by atoms with van der Waals surface area (Å²) in [6.07, 6.45) is 0.638. The maximum absolute atomic E-state index is 12.0. The number of aromatic nitrogens is 2. The van der Waals surface area contributed by atoms with Gasteiger partial charge in [-0.05, 0) is 18.6 Å². The number of hydrogen-bond acceptors (Lipinski definition) is 5. The highest BCUT2D eigenvalue weighted by Crippen LogP contribution is 2.39. The van der Waals surface area contributed by atoms with Gasteiger partial charge in [0.1, 0.15) is 17.2 Å². The molecule has 0 fully saturated rings. The fourth-order valence-electron chi connectivity index (χ4n) is 2.31. The molecule has 0 bridgehead atoms. The minimum Gasteiger partial charge on any atom is -0.507 e. The Labute approximate surface area is 154 Å². The van der Waals surface area contributed by atoms with Crippen molar-refractivity contribution >= 4 is 17.7 Å². The highest BCUT2D eigenvalue weighted by atomic mass is 35.5. The van der Waals surface area contributed by atoms with Gasteiger partial charge in [0, 0.05) is 18.2 Å². The van der Waals surface area contributed by atoms with E-state index in [1.165, 1.54) is 12.3 Å². The van der Waals surface area contributed by atoms with Crippen molar-refractivity contribution in [1.82, 2.24) is 15.5 Å². The topological polar surface area (TPSA) is 107 Å². The molecule has 0 saturated heterocycles. The van der Waals surface area contributed by atoms with Crippen molar-refractivity contribution in [2.75, 3.05) is 0 Å². The lowest BCUT2D eigenvalue weighted by atomic mass is 10.1. The van der Waals surface area contributed by atoms with Crippen molar-refractivity contribution in [2.45, 2.75) is 13.5 Å². The molecule has 1 heterocycles. The molecule has 3 aromatic rings. The van der Waals surface area contributed by atoms with E-state index in [-0.39, 0.29) is 33.5 Å². The number of carbonyl (C=O) groups is 1. The summed E-state index contributed by atoms with van der Waals surface area (Å²) >= 11 is 5.87. The number of halogens is 1. The van der Waals surface area contributed by atoms with Gasteiger partial charge in [0.25, 0.3) is 0 Å². The Morgan fingerprint density at radius 3 is 2.69 bits per heavy atom. The highest BCUT2D eigenvalue weighted by Gasteiger charge is 2.18. The van der Waals surface area contributed by atoms with Crippen molar-refractivity contribution < 1.29 is 19.7 Å². The average molecular weight is 374 g/mol. The second-order valence-corrected chi connectivity index (χ2v) is 6.07.